The zero-order valence-electron chi connectivity index (χ0n) is 10.9. The zero-order valence-corrected chi connectivity index (χ0v) is 11.8. The molecule has 0 unspecified atom stereocenters. The minimum absolute atomic E-state index is 0.139. The summed E-state index contributed by atoms with van der Waals surface area (Å²) in [6, 6.07) is 0. The fourth-order valence-electron chi connectivity index (χ4n) is 1.47. The normalized spacial score (nSPS) is 11.8. The molecular formula is C11H21O5P. The van der Waals surface area contributed by atoms with E-state index in [-0.39, 0.29) is 37.6 Å². The molecule has 0 aliphatic heterocycles. The Bertz CT molecular complexity index is 287. The number of carbonyl (C=O) groups is 2. The number of hydrogen-bond donors (Lipinski definition) is 0. The Morgan fingerprint density at radius 2 is 1.29 bits per heavy atom. The van der Waals surface area contributed by atoms with Gasteiger partial charge in [0.25, 0.3) is 0 Å². The Balaban J connectivity index is 5.28. The third-order valence-corrected chi connectivity index (χ3v) is 4.69. The average molecular weight is 264 g/mol. The highest BCUT2D eigenvalue weighted by molar-refractivity contribution is 7.57. The highest BCUT2D eigenvalue weighted by Crippen LogP contribution is 2.54. The maximum Gasteiger partial charge on any atom is 0.348 e. The number of hydrogen-bond acceptors (Lipinski definition) is 5. The van der Waals surface area contributed by atoms with Crippen LogP contribution in [0.15, 0.2) is 0 Å². The molecule has 100 valence electrons. The molecule has 0 radical (unpaired) electrons. The molecule has 0 rings (SSSR count). The standard InChI is InChI=1S/C11H21O5P/c1-5-9(12)11(10(13)6-2)17(14,15-7-3)16-8-4/h11H,5-8H2,1-4H3. The Hall–Kier alpha value is -0.510. The number of ketones is 2. The van der Waals surface area contributed by atoms with E-state index in [1.807, 2.05) is 0 Å². The van der Waals surface area contributed by atoms with E-state index in [4.69, 9.17) is 9.05 Å². The molecule has 0 saturated carbocycles. The van der Waals surface area contributed by atoms with Gasteiger partial charge in [0.2, 0.25) is 0 Å². The minimum Gasteiger partial charge on any atom is -0.308 e. The molecule has 17 heavy (non-hydrogen) atoms. The average Bonchev–Trinajstić information content (AvgIpc) is 2.29. The van der Waals surface area contributed by atoms with Gasteiger partial charge in [-0.2, -0.15) is 0 Å². The third kappa shape index (κ3) is 4.34. The van der Waals surface area contributed by atoms with Gasteiger partial charge in [-0.3, -0.25) is 14.2 Å². The maximum absolute atomic E-state index is 12.4. The first-order valence-electron chi connectivity index (χ1n) is 5.90. The Labute approximate surface area is 102 Å². The Kier molecular flexibility index (Phi) is 7.51. The molecule has 0 aliphatic rings. The SMILES string of the molecule is CCOP(=O)(OCC)C(C(=O)CC)C(=O)CC. The van der Waals surface area contributed by atoms with Gasteiger partial charge in [-0.25, -0.2) is 0 Å². The lowest BCUT2D eigenvalue weighted by Crippen LogP contribution is -2.31. The summed E-state index contributed by atoms with van der Waals surface area (Å²) in [5.74, 6) is -0.774. The summed E-state index contributed by atoms with van der Waals surface area (Å²) in [7, 11) is -3.67. The van der Waals surface area contributed by atoms with E-state index in [9.17, 15) is 14.2 Å². The first-order chi connectivity index (χ1) is 7.96. The van der Waals surface area contributed by atoms with Crippen molar-refractivity contribution in [2.45, 2.75) is 46.2 Å². The lowest BCUT2D eigenvalue weighted by molar-refractivity contribution is -0.126. The molecule has 0 aromatic heterocycles. The summed E-state index contributed by atoms with van der Waals surface area (Å²) in [6.45, 7) is 6.83. The van der Waals surface area contributed by atoms with Crippen molar-refractivity contribution in [3.05, 3.63) is 0 Å². The second-order valence-corrected chi connectivity index (χ2v) is 5.53. The minimum atomic E-state index is -3.67. The number of carbonyl (C=O) groups excluding carboxylic acids is 2. The summed E-state index contributed by atoms with van der Waals surface area (Å²) in [5.41, 5.74) is -1.27. The highest BCUT2D eigenvalue weighted by Gasteiger charge is 2.44. The summed E-state index contributed by atoms with van der Waals surface area (Å²) in [6.07, 6.45) is 0.279. The van der Waals surface area contributed by atoms with Crippen molar-refractivity contribution in [2.24, 2.45) is 0 Å². The molecule has 0 aliphatic carbocycles. The number of Topliss-reactive ketones (excluding diaryl/α,β-unsaturated/α-hetero) is 2. The Morgan fingerprint density at radius 1 is 0.941 bits per heavy atom. The van der Waals surface area contributed by atoms with E-state index in [0.717, 1.165) is 0 Å². The fraction of sp³-hybridized carbons (Fsp3) is 0.818. The van der Waals surface area contributed by atoms with Crippen LogP contribution in [0.5, 0.6) is 0 Å². The molecule has 5 nitrogen and oxygen atoms in total. The summed E-state index contributed by atoms with van der Waals surface area (Å²) in [4.78, 5) is 23.5. The third-order valence-electron chi connectivity index (χ3n) is 2.24. The zero-order chi connectivity index (χ0) is 13.5. The van der Waals surface area contributed by atoms with Crippen molar-refractivity contribution in [2.75, 3.05) is 13.2 Å². The molecule has 0 amide bonds. The summed E-state index contributed by atoms with van der Waals surface area (Å²) in [5, 5.41) is 0. The largest absolute Gasteiger partial charge is 0.348 e. The van der Waals surface area contributed by atoms with Crippen LogP contribution in [0.3, 0.4) is 0 Å². The molecule has 0 N–H and O–H groups in total. The molecule has 0 aromatic rings. The molecule has 0 spiro atoms. The van der Waals surface area contributed by atoms with Crippen molar-refractivity contribution in [1.82, 2.24) is 0 Å². The van der Waals surface area contributed by atoms with Crippen LogP contribution < -0.4 is 0 Å². The first-order valence-corrected chi connectivity index (χ1v) is 7.52. The lowest BCUT2D eigenvalue weighted by atomic mass is 10.1. The lowest BCUT2D eigenvalue weighted by Gasteiger charge is -2.23. The van der Waals surface area contributed by atoms with E-state index in [0.29, 0.717) is 0 Å². The van der Waals surface area contributed by atoms with Crippen LogP contribution in [0, 0.1) is 0 Å². The van der Waals surface area contributed by atoms with Gasteiger partial charge >= 0.3 is 7.60 Å². The van der Waals surface area contributed by atoms with Gasteiger partial charge in [0, 0.05) is 12.8 Å². The number of rotatable bonds is 9. The molecule has 0 atom stereocenters. The summed E-state index contributed by atoms with van der Waals surface area (Å²) >= 11 is 0. The van der Waals surface area contributed by atoms with Crippen molar-refractivity contribution in [3.63, 3.8) is 0 Å². The van der Waals surface area contributed by atoms with Gasteiger partial charge in [-0.15, -0.1) is 0 Å². The van der Waals surface area contributed by atoms with Crippen LogP contribution in [-0.2, 0) is 23.2 Å². The molecule has 0 bridgehead atoms. The second-order valence-electron chi connectivity index (χ2n) is 3.42. The van der Waals surface area contributed by atoms with E-state index in [2.05, 4.69) is 0 Å². The van der Waals surface area contributed by atoms with Crippen LogP contribution in [0.4, 0.5) is 0 Å². The van der Waals surface area contributed by atoms with Gasteiger partial charge in [-0.05, 0) is 13.8 Å². The van der Waals surface area contributed by atoms with Gasteiger partial charge in [0.1, 0.15) is 0 Å². The summed E-state index contributed by atoms with van der Waals surface area (Å²) < 4.78 is 22.6. The molecular weight excluding hydrogens is 243 g/mol. The van der Waals surface area contributed by atoms with Crippen LogP contribution >= 0.6 is 7.60 Å². The molecule has 0 heterocycles. The smallest absolute Gasteiger partial charge is 0.308 e. The van der Waals surface area contributed by atoms with Gasteiger partial charge < -0.3 is 9.05 Å². The van der Waals surface area contributed by atoms with Crippen molar-refractivity contribution >= 4 is 19.2 Å². The molecule has 0 saturated heterocycles. The van der Waals surface area contributed by atoms with E-state index in [1.165, 1.54) is 0 Å². The van der Waals surface area contributed by atoms with Crippen LogP contribution in [-0.4, -0.2) is 30.4 Å². The first kappa shape index (κ1) is 16.5. The van der Waals surface area contributed by atoms with E-state index in [1.54, 1.807) is 27.7 Å². The highest BCUT2D eigenvalue weighted by atomic mass is 31.2. The molecule has 6 heteroatoms. The van der Waals surface area contributed by atoms with E-state index < -0.39 is 13.3 Å². The van der Waals surface area contributed by atoms with Crippen molar-refractivity contribution in [3.8, 4) is 0 Å². The second kappa shape index (κ2) is 7.75. The maximum atomic E-state index is 12.4. The van der Waals surface area contributed by atoms with E-state index >= 15 is 0 Å². The van der Waals surface area contributed by atoms with Crippen molar-refractivity contribution in [1.29, 1.82) is 0 Å². The van der Waals surface area contributed by atoms with Crippen LogP contribution in [0.1, 0.15) is 40.5 Å². The molecule has 0 fully saturated rings. The van der Waals surface area contributed by atoms with Crippen molar-refractivity contribution < 1.29 is 23.2 Å². The van der Waals surface area contributed by atoms with Crippen LogP contribution in [0.25, 0.3) is 0 Å². The van der Waals surface area contributed by atoms with Crippen LogP contribution in [0.2, 0.25) is 0 Å². The Morgan fingerprint density at radius 3 is 1.53 bits per heavy atom. The molecule has 0 aromatic carbocycles. The van der Waals surface area contributed by atoms with Gasteiger partial charge in [0.15, 0.2) is 17.2 Å². The predicted molar refractivity (Wildman–Crippen MR) is 65.2 cm³/mol. The van der Waals surface area contributed by atoms with Gasteiger partial charge in [-0.1, -0.05) is 13.8 Å². The van der Waals surface area contributed by atoms with Gasteiger partial charge in [0.05, 0.1) is 13.2 Å². The monoisotopic (exact) mass is 264 g/mol. The topological polar surface area (TPSA) is 69.7 Å². The predicted octanol–water partition coefficient (Wildman–Crippen LogP) is 2.58. The quantitative estimate of drug-likeness (QED) is 0.473. The fourth-order valence-corrected chi connectivity index (χ4v) is 3.63.